The van der Waals surface area contributed by atoms with Crippen molar-refractivity contribution in [1.82, 2.24) is 15.1 Å². The molecule has 0 spiro atoms. The highest BCUT2D eigenvalue weighted by molar-refractivity contribution is 6.31. The van der Waals surface area contributed by atoms with Crippen LogP contribution in [-0.4, -0.2) is 29.0 Å². The maximum atomic E-state index is 6.20. The van der Waals surface area contributed by atoms with E-state index in [1.165, 1.54) is 0 Å². The molecule has 1 N–H and O–H groups in total. The molecule has 0 atom stereocenters. The highest BCUT2D eigenvalue weighted by Crippen LogP contribution is 2.22. The number of aromatic nitrogens is 2. The smallest absolute Gasteiger partial charge is 0.0905 e. The second-order valence-corrected chi connectivity index (χ2v) is 4.15. The van der Waals surface area contributed by atoms with E-state index in [0.717, 1.165) is 35.9 Å². The van der Waals surface area contributed by atoms with Gasteiger partial charge >= 0.3 is 0 Å². The minimum absolute atomic E-state index is 0.334. The number of halogens is 1. The zero-order valence-electron chi connectivity index (χ0n) is 9.09. The summed E-state index contributed by atoms with van der Waals surface area (Å²) < 4.78 is 7.49. The lowest BCUT2D eigenvalue weighted by atomic mass is 10.2. The van der Waals surface area contributed by atoms with Gasteiger partial charge in [0, 0.05) is 20.1 Å². The fraction of sp³-hybridized carbons (Fsp3) is 0.700. The molecule has 0 amide bonds. The molecule has 0 aliphatic carbocycles. The molecule has 0 saturated carbocycles. The Kier molecular flexibility index (Phi) is 3.29. The fourth-order valence-corrected chi connectivity index (χ4v) is 1.90. The summed E-state index contributed by atoms with van der Waals surface area (Å²) in [4.78, 5) is 0. The van der Waals surface area contributed by atoms with Crippen LogP contribution in [0.15, 0.2) is 0 Å². The third kappa shape index (κ3) is 2.17. The molecule has 1 saturated heterocycles. The first-order valence-corrected chi connectivity index (χ1v) is 5.62. The Morgan fingerprint density at radius 1 is 1.60 bits per heavy atom. The van der Waals surface area contributed by atoms with Gasteiger partial charge in [0.25, 0.3) is 0 Å². The van der Waals surface area contributed by atoms with Crippen molar-refractivity contribution in [3.8, 4) is 0 Å². The maximum Gasteiger partial charge on any atom is 0.0905 e. The lowest BCUT2D eigenvalue weighted by molar-refractivity contribution is 0.00480. The Balaban J connectivity index is 2.02. The van der Waals surface area contributed by atoms with Crippen LogP contribution in [0.2, 0.25) is 5.02 Å². The average Bonchev–Trinajstić information content (AvgIpc) is 2.42. The summed E-state index contributed by atoms with van der Waals surface area (Å²) in [5.74, 6) is 0. The van der Waals surface area contributed by atoms with E-state index < -0.39 is 0 Å². The van der Waals surface area contributed by atoms with Crippen LogP contribution < -0.4 is 5.32 Å². The van der Waals surface area contributed by atoms with Crippen molar-refractivity contribution in [3.05, 3.63) is 16.4 Å². The molecule has 1 aliphatic rings. The average molecular weight is 230 g/mol. The number of nitrogens with one attached hydrogen (secondary N) is 1. The van der Waals surface area contributed by atoms with Crippen LogP contribution in [0.4, 0.5) is 0 Å². The number of aryl methyl sites for hydroxylation is 2. The summed E-state index contributed by atoms with van der Waals surface area (Å²) in [7, 11) is 1.91. The molecule has 1 fully saturated rings. The molecule has 2 heterocycles. The summed E-state index contributed by atoms with van der Waals surface area (Å²) in [6.07, 6.45) is 1.19. The Morgan fingerprint density at radius 3 is 2.80 bits per heavy atom. The highest BCUT2D eigenvalue weighted by atomic mass is 35.5. The van der Waals surface area contributed by atoms with Crippen LogP contribution in [-0.2, 0) is 24.8 Å². The first kappa shape index (κ1) is 10.9. The number of nitrogens with zero attached hydrogens (tertiary/aromatic N) is 2. The van der Waals surface area contributed by atoms with Gasteiger partial charge in [-0.15, -0.1) is 0 Å². The van der Waals surface area contributed by atoms with Gasteiger partial charge in [-0.2, -0.15) is 5.10 Å². The second-order valence-electron chi connectivity index (χ2n) is 3.78. The van der Waals surface area contributed by atoms with Crippen molar-refractivity contribution in [2.45, 2.75) is 26.1 Å². The Bertz CT molecular complexity index is 347. The molecule has 5 heteroatoms. The number of rotatable bonds is 4. The van der Waals surface area contributed by atoms with E-state index >= 15 is 0 Å². The molecular weight excluding hydrogens is 214 g/mol. The lowest BCUT2D eigenvalue weighted by Crippen LogP contribution is -2.48. The lowest BCUT2D eigenvalue weighted by Gasteiger charge is -2.27. The van der Waals surface area contributed by atoms with E-state index in [1.807, 2.05) is 11.7 Å². The Hall–Kier alpha value is -0.580. The molecule has 15 heavy (non-hydrogen) atoms. The number of hydrogen-bond acceptors (Lipinski definition) is 3. The van der Waals surface area contributed by atoms with Gasteiger partial charge in [0.1, 0.15) is 0 Å². The van der Waals surface area contributed by atoms with Gasteiger partial charge in [-0.25, -0.2) is 0 Å². The molecular formula is C10H16ClN3O. The van der Waals surface area contributed by atoms with E-state index in [2.05, 4.69) is 17.3 Å². The van der Waals surface area contributed by atoms with Crippen LogP contribution in [0, 0.1) is 0 Å². The van der Waals surface area contributed by atoms with Gasteiger partial charge in [0.2, 0.25) is 0 Å². The quantitative estimate of drug-likeness (QED) is 0.841. The van der Waals surface area contributed by atoms with Gasteiger partial charge in [-0.1, -0.05) is 18.5 Å². The zero-order valence-corrected chi connectivity index (χ0v) is 9.84. The largest absolute Gasteiger partial charge is 0.369 e. The predicted octanol–water partition coefficient (Wildman–Crippen LogP) is 1.12. The fourth-order valence-electron chi connectivity index (χ4n) is 1.55. The molecule has 1 aromatic rings. The minimum Gasteiger partial charge on any atom is -0.369 e. The van der Waals surface area contributed by atoms with Crippen molar-refractivity contribution >= 4 is 11.6 Å². The first-order chi connectivity index (χ1) is 7.22. The molecule has 1 aromatic heterocycles. The normalized spacial score (nSPS) is 16.7. The van der Waals surface area contributed by atoms with Crippen LogP contribution in [0.3, 0.4) is 0 Å². The number of hydrogen-bond donors (Lipinski definition) is 1. The molecule has 0 aromatic carbocycles. The zero-order chi connectivity index (χ0) is 10.8. The molecule has 2 rings (SSSR count). The van der Waals surface area contributed by atoms with E-state index in [9.17, 15) is 0 Å². The first-order valence-electron chi connectivity index (χ1n) is 5.25. The monoisotopic (exact) mass is 229 g/mol. The number of ether oxygens (including phenoxy) is 1. The topological polar surface area (TPSA) is 39.1 Å². The second kappa shape index (κ2) is 4.51. The van der Waals surface area contributed by atoms with E-state index in [-0.39, 0.29) is 0 Å². The summed E-state index contributed by atoms with van der Waals surface area (Å²) in [5, 5.41) is 8.26. The maximum absolute atomic E-state index is 6.20. The standard InChI is InChI=1S/C10H16ClN3O/c1-3-8-10(11)9(14(2)13-8)6-15-7-4-12-5-7/h7,12H,3-6H2,1-2H3. The van der Waals surface area contributed by atoms with Crippen molar-refractivity contribution in [2.24, 2.45) is 7.05 Å². The van der Waals surface area contributed by atoms with Crippen molar-refractivity contribution in [3.63, 3.8) is 0 Å². The van der Waals surface area contributed by atoms with Gasteiger partial charge < -0.3 is 10.1 Å². The predicted molar refractivity (Wildman–Crippen MR) is 59.0 cm³/mol. The molecule has 84 valence electrons. The van der Waals surface area contributed by atoms with Crippen LogP contribution in [0.1, 0.15) is 18.3 Å². The van der Waals surface area contributed by atoms with Gasteiger partial charge in [-0.05, 0) is 6.42 Å². The minimum atomic E-state index is 0.334. The van der Waals surface area contributed by atoms with E-state index in [4.69, 9.17) is 16.3 Å². The molecule has 4 nitrogen and oxygen atoms in total. The Morgan fingerprint density at radius 2 is 2.33 bits per heavy atom. The van der Waals surface area contributed by atoms with Crippen molar-refractivity contribution < 1.29 is 4.74 Å². The van der Waals surface area contributed by atoms with E-state index in [1.54, 1.807) is 0 Å². The Labute approximate surface area is 94.6 Å². The van der Waals surface area contributed by atoms with Crippen molar-refractivity contribution in [1.29, 1.82) is 0 Å². The van der Waals surface area contributed by atoms with Gasteiger partial charge in [0.15, 0.2) is 0 Å². The molecule has 0 unspecified atom stereocenters. The van der Waals surface area contributed by atoms with Gasteiger partial charge in [-0.3, -0.25) is 4.68 Å². The summed E-state index contributed by atoms with van der Waals surface area (Å²) in [6, 6.07) is 0. The van der Waals surface area contributed by atoms with Gasteiger partial charge in [0.05, 0.1) is 29.1 Å². The summed E-state index contributed by atoms with van der Waals surface area (Å²) >= 11 is 6.20. The third-order valence-electron chi connectivity index (χ3n) is 2.70. The van der Waals surface area contributed by atoms with Crippen LogP contribution >= 0.6 is 11.6 Å². The van der Waals surface area contributed by atoms with Crippen LogP contribution in [0.25, 0.3) is 0 Å². The summed E-state index contributed by atoms with van der Waals surface area (Å²) in [5.41, 5.74) is 1.92. The van der Waals surface area contributed by atoms with E-state index in [0.29, 0.717) is 12.7 Å². The highest BCUT2D eigenvalue weighted by Gasteiger charge is 2.19. The molecule has 1 aliphatic heterocycles. The SMILES string of the molecule is CCc1nn(C)c(COC2CNC2)c1Cl. The molecule has 0 radical (unpaired) electrons. The van der Waals surface area contributed by atoms with Crippen LogP contribution in [0.5, 0.6) is 0 Å². The third-order valence-corrected chi connectivity index (χ3v) is 3.14. The summed E-state index contributed by atoms with van der Waals surface area (Å²) in [6.45, 7) is 4.48. The van der Waals surface area contributed by atoms with Crippen molar-refractivity contribution in [2.75, 3.05) is 13.1 Å². The molecule has 0 bridgehead atoms.